The number of hydrogen-bond acceptors (Lipinski definition) is 4. The number of rotatable bonds is 6. The quantitative estimate of drug-likeness (QED) is 0.826. The van der Waals surface area contributed by atoms with Crippen molar-refractivity contribution in [2.24, 2.45) is 0 Å². The largest absolute Gasteiger partial charge is 0.376 e. The van der Waals surface area contributed by atoms with Gasteiger partial charge in [0, 0.05) is 20.2 Å². The van der Waals surface area contributed by atoms with E-state index in [1.807, 2.05) is 6.92 Å². The number of ether oxygens (including phenoxy) is 1. The van der Waals surface area contributed by atoms with Crippen molar-refractivity contribution in [2.45, 2.75) is 30.8 Å². The molecule has 0 saturated carbocycles. The molecule has 7 heteroatoms. The molecule has 3 rings (SSSR count). The fraction of sp³-hybridized carbons (Fsp3) is 0.350. The highest BCUT2D eigenvalue weighted by atomic mass is 32.2. The Labute approximate surface area is 160 Å². The molecule has 0 spiro atoms. The predicted molar refractivity (Wildman–Crippen MR) is 105 cm³/mol. The van der Waals surface area contributed by atoms with Gasteiger partial charge in [-0.2, -0.15) is 0 Å². The molecule has 1 amide bonds. The number of amides is 1. The summed E-state index contributed by atoms with van der Waals surface area (Å²) in [4.78, 5) is 12.8. The summed E-state index contributed by atoms with van der Waals surface area (Å²) >= 11 is 0. The van der Waals surface area contributed by atoms with Crippen LogP contribution in [0.3, 0.4) is 0 Å². The summed E-state index contributed by atoms with van der Waals surface area (Å²) in [5, 5.41) is 2.85. The van der Waals surface area contributed by atoms with E-state index in [4.69, 9.17) is 4.74 Å². The number of carbonyl (C=O) groups excluding carboxylic acids is 1. The molecular formula is C20H24N2O4S. The van der Waals surface area contributed by atoms with Gasteiger partial charge in [-0.1, -0.05) is 29.8 Å². The Morgan fingerprint density at radius 2 is 1.89 bits per heavy atom. The van der Waals surface area contributed by atoms with Crippen molar-refractivity contribution in [1.82, 2.24) is 5.32 Å². The van der Waals surface area contributed by atoms with E-state index in [0.717, 1.165) is 22.7 Å². The zero-order valence-corrected chi connectivity index (χ0v) is 16.3. The lowest BCUT2D eigenvalue weighted by atomic mass is 10.1. The number of nitrogens with one attached hydrogen (secondary N) is 1. The van der Waals surface area contributed by atoms with Crippen LogP contribution >= 0.6 is 0 Å². The van der Waals surface area contributed by atoms with E-state index in [2.05, 4.69) is 5.32 Å². The Balaban J connectivity index is 1.83. The molecule has 144 valence electrons. The van der Waals surface area contributed by atoms with Crippen molar-refractivity contribution in [3.63, 3.8) is 0 Å². The van der Waals surface area contributed by atoms with Crippen LogP contribution in [0.1, 0.15) is 28.8 Å². The number of aryl methyl sites for hydroxylation is 1. The average Bonchev–Trinajstić information content (AvgIpc) is 3.19. The fourth-order valence-electron chi connectivity index (χ4n) is 3.05. The number of sulfonamides is 1. The van der Waals surface area contributed by atoms with Crippen LogP contribution in [0, 0.1) is 6.92 Å². The molecule has 0 unspecified atom stereocenters. The zero-order chi connectivity index (χ0) is 19.4. The molecule has 0 aromatic heterocycles. The molecule has 1 N–H and O–H groups in total. The second kappa shape index (κ2) is 8.10. The van der Waals surface area contributed by atoms with Crippen LogP contribution in [0.5, 0.6) is 0 Å². The van der Waals surface area contributed by atoms with E-state index in [0.29, 0.717) is 24.4 Å². The second-order valence-corrected chi connectivity index (χ2v) is 8.62. The first kappa shape index (κ1) is 19.4. The van der Waals surface area contributed by atoms with Gasteiger partial charge in [0.25, 0.3) is 15.9 Å². The average molecular weight is 388 g/mol. The Bertz CT molecular complexity index is 904. The zero-order valence-electron chi connectivity index (χ0n) is 15.5. The summed E-state index contributed by atoms with van der Waals surface area (Å²) in [5.74, 6) is -0.313. The summed E-state index contributed by atoms with van der Waals surface area (Å²) < 4.78 is 32.6. The molecule has 1 heterocycles. The predicted octanol–water partition coefficient (Wildman–Crippen LogP) is 2.73. The summed E-state index contributed by atoms with van der Waals surface area (Å²) in [5.41, 5.74) is 1.63. The lowest BCUT2D eigenvalue weighted by Crippen LogP contribution is -2.34. The monoisotopic (exact) mass is 388 g/mol. The third kappa shape index (κ3) is 4.31. The van der Waals surface area contributed by atoms with Crippen molar-refractivity contribution in [1.29, 1.82) is 0 Å². The van der Waals surface area contributed by atoms with Crippen LogP contribution in [0.15, 0.2) is 53.4 Å². The van der Waals surface area contributed by atoms with Crippen molar-refractivity contribution in [2.75, 3.05) is 24.5 Å². The maximum Gasteiger partial charge on any atom is 0.264 e. The molecule has 6 nitrogen and oxygen atoms in total. The van der Waals surface area contributed by atoms with Crippen molar-refractivity contribution < 1.29 is 17.9 Å². The van der Waals surface area contributed by atoms with Crippen LogP contribution in [0.4, 0.5) is 5.69 Å². The maximum absolute atomic E-state index is 13.0. The van der Waals surface area contributed by atoms with Gasteiger partial charge in [-0.15, -0.1) is 0 Å². The van der Waals surface area contributed by atoms with Gasteiger partial charge >= 0.3 is 0 Å². The Morgan fingerprint density at radius 3 is 2.56 bits per heavy atom. The first-order valence-corrected chi connectivity index (χ1v) is 10.4. The van der Waals surface area contributed by atoms with Crippen LogP contribution in [-0.2, 0) is 14.8 Å². The van der Waals surface area contributed by atoms with Crippen molar-refractivity contribution in [3.8, 4) is 0 Å². The van der Waals surface area contributed by atoms with Gasteiger partial charge in [-0.05, 0) is 44.0 Å². The second-order valence-electron chi connectivity index (χ2n) is 6.65. The normalized spacial score (nSPS) is 16.9. The smallest absolute Gasteiger partial charge is 0.264 e. The van der Waals surface area contributed by atoms with Crippen LogP contribution < -0.4 is 9.62 Å². The van der Waals surface area contributed by atoms with Gasteiger partial charge in [0.2, 0.25) is 0 Å². The highest BCUT2D eigenvalue weighted by Gasteiger charge is 2.25. The number of hydrogen-bond donors (Lipinski definition) is 1. The van der Waals surface area contributed by atoms with Crippen LogP contribution in [-0.4, -0.2) is 40.6 Å². The van der Waals surface area contributed by atoms with E-state index in [1.165, 1.54) is 7.05 Å². The minimum absolute atomic E-state index is 0.0233. The molecule has 1 fully saturated rings. The summed E-state index contributed by atoms with van der Waals surface area (Å²) in [6, 6.07) is 13.3. The lowest BCUT2D eigenvalue weighted by Gasteiger charge is -2.22. The fourth-order valence-corrected chi connectivity index (χ4v) is 4.26. The molecule has 1 saturated heterocycles. The lowest BCUT2D eigenvalue weighted by molar-refractivity contribution is 0.0858. The topological polar surface area (TPSA) is 75.7 Å². The minimum Gasteiger partial charge on any atom is -0.376 e. The van der Waals surface area contributed by atoms with E-state index in [9.17, 15) is 13.2 Å². The minimum atomic E-state index is -3.77. The van der Waals surface area contributed by atoms with Crippen molar-refractivity contribution in [3.05, 3.63) is 59.7 Å². The number of nitrogens with zero attached hydrogens (tertiary/aromatic N) is 1. The van der Waals surface area contributed by atoms with E-state index < -0.39 is 10.0 Å². The van der Waals surface area contributed by atoms with Crippen LogP contribution in [0.25, 0.3) is 0 Å². The van der Waals surface area contributed by atoms with E-state index >= 15 is 0 Å². The molecule has 0 aliphatic carbocycles. The number of carbonyl (C=O) groups is 1. The molecule has 0 bridgehead atoms. The molecule has 2 aromatic rings. The van der Waals surface area contributed by atoms with Crippen molar-refractivity contribution >= 4 is 21.6 Å². The summed E-state index contributed by atoms with van der Waals surface area (Å²) in [7, 11) is -2.31. The van der Waals surface area contributed by atoms with Gasteiger partial charge in [0.15, 0.2) is 0 Å². The Morgan fingerprint density at radius 1 is 1.19 bits per heavy atom. The first-order valence-electron chi connectivity index (χ1n) is 8.94. The van der Waals surface area contributed by atoms with E-state index in [1.54, 1.807) is 48.5 Å². The molecular weight excluding hydrogens is 364 g/mol. The summed E-state index contributed by atoms with van der Waals surface area (Å²) in [6.07, 6.45) is 1.94. The number of anilines is 1. The standard InChI is InChI=1S/C20H24N2O4S/c1-15-9-11-17(12-10-15)27(24,25)22(2)19-8-4-3-7-18(19)20(23)21-14-16-6-5-13-26-16/h3-4,7-12,16H,5-6,13-14H2,1-2H3,(H,21,23)/t16-/m1/s1. The molecule has 0 radical (unpaired) electrons. The number of benzene rings is 2. The van der Waals surface area contributed by atoms with Gasteiger partial charge < -0.3 is 10.1 Å². The molecule has 1 atom stereocenters. The van der Waals surface area contributed by atoms with Gasteiger partial charge in [0.05, 0.1) is 22.3 Å². The van der Waals surface area contributed by atoms with Gasteiger partial charge in [-0.3, -0.25) is 9.10 Å². The molecule has 27 heavy (non-hydrogen) atoms. The number of para-hydroxylation sites is 1. The highest BCUT2D eigenvalue weighted by molar-refractivity contribution is 7.92. The molecule has 1 aliphatic rings. The molecule has 1 aliphatic heterocycles. The van der Waals surface area contributed by atoms with Gasteiger partial charge in [0.1, 0.15) is 0 Å². The Kier molecular flexibility index (Phi) is 5.82. The third-order valence-electron chi connectivity index (χ3n) is 4.68. The van der Waals surface area contributed by atoms with Gasteiger partial charge in [-0.25, -0.2) is 8.42 Å². The molecule has 2 aromatic carbocycles. The first-order chi connectivity index (χ1) is 12.9. The third-order valence-corrected chi connectivity index (χ3v) is 6.47. The Hall–Kier alpha value is -2.38. The maximum atomic E-state index is 13.0. The van der Waals surface area contributed by atoms with Crippen LogP contribution in [0.2, 0.25) is 0 Å². The van der Waals surface area contributed by atoms with E-state index in [-0.39, 0.29) is 16.9 Å². The SMILES string of the molecule is Cc1ccc(S(=O)(=O)N(C)c2ccccc2C(=O)NC[C@H]2CCCO2)cc1. The summed E-state index contributed by atoms with van der Waals surface area (Å²) in [6.45, 7) is 3.03. The highest BCUT2D eigenvalue weighted by Crippen LogP contribution is 2.26.